The van der Waals surface area contributed by atoms with Gasteiger partial charge in [0.1, 0.15) is 17.1 Å². The number of aromatic hydroxyl groups is 1. The van der Waals surface area contributed by atoms with Crippen LogP contribution in [0.15, 0.2) is 6.07 Å². The lowest BCUT2D eigenvalue weighted by Crippen LogP contribution is -2.49. The minimum atomic E-state index is -0.968. The average molecular weight is 450 g/mol. The Balaban J connectivity index is 1.76. The van der Waals surface area contributed by atoms with E-state index in [2.05, 4.69) is 0 Å². The van der Waals surface area contributed by atoms with Gasteiger partial charge in [-0.25, -0.2) is 0 Å². The van der Waals surface area contributed by atoms with Crippen LogP contribution in [-0.4, -0.2) is 61.4 Å². The van der Waals surface area contributed by atoms with E-state index in [-0.39, 0.29) is 24.5 Å². The summed E-state index contributed by atoms with van der Waals surface area (Å²) in [6.07, 6.45) is 1.79. The largest absolute Gasteiger partial charge is 0.508 e. The van der Waals surface area contributed by atoms with E-state index >= 15 is 0 Å². The number of carboxylic acid groups (broad SMARTS) is 2. The minimum absolute atomic E-state index is 0.0466. The first-order chi connectivity index (χ1) is 15.0. The predicted octanol–water partition coefficient (Wildman–Crippen LogP) is 2.55. The molecule has 4 N–H and O–H groups in total. The summed E-state index contributed by atoms with van der Waals surface area (Å²) >= 11 is 0. The first kappa shape index (κ1) is 23.8. The van der Waals surface area contributed by atoms with Gasteiger partial charge in [-0.3, -0.25) is 14.4 Å². The van der Waals surface area contributed by atoms with Gasteiger partial charge in [-0.15, -0.1) is 0 Å². The van der Waals surface area contributed by atoms with Crippen molar-refractivity contribution in [1.82, 2.24) is 4.90 Å². The standard InChI is InChI=1S/C23H31NO8/c1-13(22(30)31)6-5-8-23(2)18(26)11-15-17(25)10-14-16(20(15)32-23)12-24(21(14)29)9-4-3-7-19(27)28/h10,13,18,25-26H,3-9,11-12H2,1-2H3,(H,27,28)(H,30,31). The van der Waals surface area contributed by atoms with Crippen LogP contribution in [0.3, 0.4) is 0 Å². The first-order valence-corrected chi connectivity index (χ1v) is 11.0. The molecule has 3 atom stereocenters. The number of carbonyl (C=O) groups excluding carboxylic acids is 1. The lowest BCUT2D eigenvalue weighted by Gasteiger charge is -2.41. The van der Waals surface area contributed by atoms with Crippen LogP contribution in [0.4, 0.5) is 0 Å². The van der Waals surface area contributed by atoms with Crippen molar-refractivity contribution in [2.45, 2.75) is 77.0 Å². The second-order valence-electron chi connectivity index (χ2n) is 9.07. The van der Waals surface area contributed by atoms with Crippen LogP contribution >= 0.6 is 0 Å². The monoisotopic (exact) mass is 449 g/mol. The van der Waals surface area contributed by atoms with Crippen LogP contribution in [0, 0.1) is 5.92 Å². The van der Waals surface area contributed by atoms with Gasteiger partial charge in [0.15, 0.2) is 0 Å². The van der Waals surface area contributed by atoms with E-state index in [1.54, 1.807) is 18.7 Å². The number of hydrogen-bond acceptors (Lipinski definition) is 6. The normalized spacial score (nSPS) is 22.8. The van der Waals surface area contributed by atoms with Crippen molar-refractivity contribution >= 4 is 17.8 Å². The van der Waals surface area contributed by atoms with E-state index in [4.69, 9.17) is 14.9 Å². The number of carboxylic acids is 2. The van der Waals surface area contributed by atoms with Gasteiger partial charge in [0, 0.05) is 30.5 Å². The third-order valence-electron chi connectivity index (χ3n) is 6.57. The van der Waals surface area contributed by atoms with Crippen LogP contribution in [0.1, 0.15) is 73.9 Å². The van der Waals surface area contributed by atoms with Gasteiger partial charge in [-0.1, -0.05) is 6.92 Å². The molecule has 0 saturated carbocycles. The van der Waals surface area contributed by atoms with Crippen LogP contribution in [0.25, 0.3) is 0 Å². The molecule has 32 heavy (non-hydrogen) atoms. The van der Waals surface area contributed by atoms with Crippen molar-refractivity contribution in [2.75, 3.05) is 6.54 Å². The fourth-order valence-electron chi connectivity index (χ4n) is 4.40. The molecule has 2 aliphatic rings. The molecule has 0 bridgehead atoms. The summed E-state index contributed by atoms with van der Waals surface area (Å²) in [6, 6.07) is 1.42. The quantitative estimate of drug-likeness (QED) is 0.399. The molecule has 176 valence electrons. The van der Waals surface area contributed by atoms with Gasteiger partial charge in [0.25, 0.3) is 5.91 Å². The van der Waals surface area contributed by atoms with E-state index in [0.29, 0.717) is 67.6 Å². The van der Waals surface area contributed by atoms with Crippen LogP contribution in [0.2, 0.25) is 0 Å². The Morgan fingerprint density at radius 3 is 2.62 bits per heavy atom. The molecule has 0 radical (unpaired) electrons. The fraction of sp³-hybridized carbons (Fsp3) is 0.609. The predicted molar refractivity (Wildman–Crippen MR) is 114 cm³/mol. The van der Waals surface area contributed by atoms with Crippen LogP contribution in [0.5, 0.6) is 11.5 Å². The van der Waals surface area contributed by atoms with Gasteiger partial charge >= 0.3 is 11.9 Å². The van der Waals surface area contributed by atoms with Gasteiger partial charge < -0.3 is 30.1 Å². The molecule has 0 aliphatic carbocycles. The van der Waals surface area contributed by atoms with Gasteiger partial charge in [-0.05, 0) is 45.1 Å². The zero-order valence-electron chi connectivity index (χ0n) is 18.5. The second-order valence-corrected chi connectivity index (χ2v) is 9.07. The molecule has 3 unspecified atom stereocenters. The Morgan fingerprint density at radius 1 is 1.25 bits per heavy atom. The summed E-state index contributed by atoms with van der Waals surface area (Å²) in [6.45, 7) is 4.11. The Morgan fingerprint density at radius 2 is 1.97 bits per heavy atom. The Bertz CT molecular complexity index is 914. The molecule has 3 rings (SSSR count). The smallest absolute Gasteiger partial charge is 0.306 e. The summed E-state index contributed by atoms with van der Waals surface area (Å²) < 4.78 is 6.24. The lowest BCUT2D eigenvalue weighted by atomic mass is 9.83. The molecular weight excluding hydrogens is 418 g/mol. The molecule has 0 fully saturated rings. The Hall–Kier alpha value is -2.81. The number of aliphatic hydroxyl groups is 1. The molecule has 2 aliphatic heterocycles. The molecular formula is C23H31NO8. The van der Waals surface area contributed by atoms with Gasteiger partial charge in [0.2, 0.25) is 0 Å². The zero-order chi connectivity index (χ0) is 23.6. The molecule has 9 nitrogen and oxygen atoms in total. The number of phenols is 1. The number of rotatable bonds is 10. The van der Waals surface area contributed by atoms with Gasteiger partial charge in [-0.2, -0.15) is 0 Å². The topological polar surface area (TPSA) is 145 Å². The average Bonchev–Trinajstić information content (AvgIpc) is 3.02. The number of nitrogens with zero attached hydrogens (tertiary/aromatic N) is 1. The zero-order valence-corrected chi connectivity index (χ0v) is 18.5. The number of fused-ring (bicyclic) bond motifs is 3. The van der Waals surface area contributed by atoms with E-state index in [0.717, 1.165) is 0 Å². The summed E-state index contributed by atoms with van der Waals surface area (Å²) in [4.78, 5) is 36.2. The number of phenolic OH excluding ortho intramolecular Hbond substituents is 1. The summed E-state index contributed by atoms with van der Waals surface area (Å²) in [5.74, 6) is -2.15. The molecule has 1 aromatic rings. The van der Waals surface area contributed by atoms with Crippen LogP contribution < -0.4 is 4.74 Å². The maximum absolute atomic E-state index is 12.8. The number of aliphatic carboxylic acids is 2. The highest BCUT2D eigenvalue weighted by atomic mass is 16.5. The molecule has 2 heterocycles. The third-order valence-corrected chi connectivity index (χ3v) is 6.57. The maximum atomic E-state index is 12.8. The van der Waals surface area contributed by atoms with Crippen molar-refractivity contribution in [2.24, 2.45) is 5.92 Å². The number of unbranched alkanes of at least 4 members (excludes halogenated alkanes) is 1. The lowest BCUT2D eigenvalue weighted by molar-refractivity contribution is -0.141. The second kappa shape index (κ2) is 9.36. The van der Waals surface area contributed by atoms with E-state index in [1.165, 1.54) is 6.07 Å². The molecule has 1 aromatic carbocycles. The molecule has 0 saturated heterocycles. The molecule has 0 spiro atoms. The number of ether oxygens (including phenoxy) is 1. The van der Waals surface area contributed by atoms with Crippen molar-refractivity contribution in [3.05, 3.63) is 22.8 Å². The molecule has 0 aromatic heterocycles. The summed E-state index contributed by atoms with van der Waals surface area (Å²) in [7, 11) is 0. The SMILES string of the molecule is CC(CCCC1(C)Oc2c(c(O)cc3c2CN(CCCCC(=O)O)C3=O)CC1O)C(=O)O. The Labute approximate surface area is 186 Å². The van der Waals surface area contributed by atoms with E-state index in [1.807, 2.05) is 0 Å². The number of aliphatic hydroxyl groups excluding tert-OH is 1. The van der Waals surface area contributed by atoms with E-state index < -0.39 is 29.6 Å². The van der Waals surface area contributed by atoms with Crippen molar-refractivity contribution in [3.8, 4) is 11.5 Å². The highest BCUT2D eigenvalue weighted by Crippen LogP contribution is 2.46. The molecule has 9 heteroatoms. The molecule has 1 amide bonds. The third kappa shape index (κ3) is 4.82. The number of amides is 1. The number of carbonyl (C=O) groups is 3. The number of hydrogen-bond donors (Lipinski definition) is 4. The Kier molecular flexibility index (Phi) is 6.97. The van der Waals surface area contributed by atoms with Gasteiger partial charge in [0.05, 0.1) is 24.1 Å². The number of benzene rings is 1. The van der Waals surface area contributed by atoms with E-state index in [9.17, 15) is 24.6 Å². The van der Waals surface area contributed by atoms with Crippen molar-refractivity contribution in [3.63, 3.8) is 0 Å². The highest BCUT2D eigenvalue weighted by Gasteiger charge is 2.44. The van der Waals surface area contributed by atoms with Crippen molar-refractivity contribution < 1.29 is 39.5 Å². The highest BCUT2D eigenvalue weighted by molar-refractivity contribution is 6.00. The fourth-order valence-corrected chi connectivity index (χ4v) is 4.40. The van der Waals surface area contributed by atoms with Crippen molar-refractivity contribution in [1.29, 1.82) is 0 Å². The maximum Gasteiger partial charge on any atom is 0.306 e. The summed E-state index contributed by atoms with van der Waals surface area (Å²) in [5, 5.41) is 39.1. The first-order valence-electron chi connectivity index (χ1n) is 11.0. The minimum Gasteiger partial charge on any atom is -0.508 e. The summed E-state index contributed by atoms with van der Waals surface area (Å²) in [5.41, 5.74) is 0.522. The van der Waals surface area contributed by atoms with Crippen LogP contribution in [-0.2, 0) is 22.6 Å².